The molecule has 0 unspecified atom stereocenters. The van der Waals surface area contributed by atoms with Gasteiger partial charge in [-0.1, -0.05) is 0 Å². The largest absolute Gasteiger partial charge is 0.416 e. The van der Waals surface area contributed by atoms with E-state index in [9.17, 15) is 22.8 Å². The predicted octanol–water partition coefficient (Wildman–Crippen LogP) is 4.16. The van der Waals surface area contributed by atoms with Gasteiger partial charge in [0.2, 0.25) is 0 Å². The van der Waals surface area contributed by atoms with Crippen LogP contribution in [0.1, 0.15) is 45.7 Å². The average Bonchev–Trinajstić information content (AvgIpc) is 3.47. The summed E-state index contributed by atoms with van der Waals surface area (Å²) in [5.74, 6) is -0.227. The molecule has 1 aromatic carbocycles. The Morgan fingerprint density at radius 3 is 2.26 bits per heavy atom. The summed E-state index contributed by atoms with van der Waals surface area (Å²) >= 11 is 0. The standard InChI is InChI=1S/C25H26F3N5O2/c1-29-19-4-2-17(3-5-19)22(34)32-13-9-24(16-32)7-11-31(12-8-24)23(35)20-15-30-21-14-18(25(26,27)28)6-10-33(20)21/h2-6,10,14-15,29H,7-9,11-13,16H2,1H3. The molecule has 2 aliphatic rings. The van der Waals surface area contributed by atoms with Gasteiger partial charge in [-0.3, -0.25) is 14.0 Å². The molecule has 7 nitrogen and oxygen atoms in total. The molecule has 2 amide bonds. The van der Waals surface area contributed by atoms with Crippen LogP contribution in [0.4, 0.5) is 18.9 Å². The molecule has 184 valence electrons. The number of halogens is 3. The summed E-state index contributed by atoms with van der Waals surface area (Å²) < 4.78 is 40.3. The van der Waals surface area contributed by atoms with Crippen molar-refractivity contribution in [2.45, 2.75) is 25.4 Å². The number of pyridine rings is 1. The lowest BCUT2D eigenvalue weighted by molar-refractivity contribution is -0.137. The van der Waals surface area contributed by atoms with Crippen LogP contribution in [0.3, 0.4) is 0 Å². The molecule has 10 heteroatoms. The van der Waals surface area contributed by atoms with E-state index in [2.05, 4.69) is 10.3 Å². The number of carbonyl (C=O) groups excluding carboxylic acids is 2. The number of imidazole rings is 1. The second kappa shape index (κ2) is 8.58. The van der Waals surface area contributed by atoms with Crippen LogP contribution < -0.4 is 5.32 Å². The van der Waals surface area contributed by atoms with Crippen molar-refractivity contribution in [1.29, 1.82) is 0 Å². The number of aromatic nitrogens is 2. The summed E-state index contributed by atoms with van der Waals surface area (Å²) in [6, 6.07) is 9.31. The van der Waals surface area contributed by atoms with Crippen molar-refractivity contribution in [2.24, 2.45) is 5.41 Å². The monoisotopic (exact) mass is 485 g/mol. The van der Waals surface area contributed by atoms with Gasteiger partial charge in [0, 0.05) is 50.7 Å². The summed E-state index contributed by atoms with van der Waals surface area (Å²) in [6.07, 6.45) is 0.550. The molecule has 2 aromatic heterocycles. The molecular weight excluding hydrogens is 459 g/mol. The number of likely N-dealkylation sites (tertiary alicyclic amines) is 2. The van der Waals surface area contributed by atoms with Crippen molar-refractivity contribution in [1.82, 2.24) is 19.2 Å². The maximum Gasteiger partial charge on any atom is 0.416 e. The number of anilines is 1. The number of hydrogen-bond acceptors (Lipinski definition) is 4. The minimum Gasteiger partial charge on any atom is -0.388 e. The zero-order valence-electron chi connectivity index (χ0n) is 19.3. The third-order valence-corrected chi connectivity index (χ3v) is 7.32. The Kier molecular flexibility index (Phi) is 5.69. The summed E-state index contributed by atoms with van der Waals surface area (Å²) in [5, 5.41) is 3.04. The topological polar surface area (TPSA) is 70.0 Å². The highest BCUT2D eigenvalue weighted by atomic mass is 19.4. The summed E-state index contributed by atoms with van der Waals surface area (Å²) in [7, 11) is 1.83. The highest BCUT2D eigenvalue weighted by Crippen LogP contribution is 2.41. The van der Waals surface area contributed by atoms with Crippen molar-refractivity contribution < 1.29 is 22.8 Å². The van der Waals surface area contributed by atoms with Gasteiger partial charge in [-0.05, 0) is 61.1 Å². The highest BCUT2D eigenvalue weighted by Gasteiger charge is 2.43. The van der Waals surface area contributed by atoms with Crippen LogP contribution in [0.25, 0.3) is 5.65 Å². The fourth-order valence-electron chi connectivity index (χ4n) is 5.14. The highest BCUT2D eigenvalue weighted by molar-refractivity contribution is 5.95. The summed E-state index contributed by atoms with van der Waals surface area (Å²) in [5.41, 5.74) is 1.13. The molecule has 0 radical (unpaired) electrons. The number of carbonyl (C=O) groups is 2. The number of alkyl halides is 3. The Bertz CT molecular complexity index is 1260. The predicted molar refractivity (Wildman–Crippen MR) is 124 cm³/mol. The smallest absolute Gasteiger partial charge is 0.388 e. The van der Waals surface area contributed by atoms with Crippen molar-refractivity contribution >= 4 is 23.1 Å². The van der Waals surface area contributed by atoms with E-state index in [-0.39, 0.29) is 28.6 Å². The lowest BCUT2D eigenvalue weighted by Gasteiger charge is -2.39. The van der Waals surface area contributed by atoms with Crippen LogP contribution in [0.15, 0.2) is 48.8 Å². The van der Waals surface area contributed by atoms with Crippen LogP contribution in [-0.4, -0.2) is 64.2 Å². The lowest BCUT2D eigenvalue weighted by atomic mass is 9.77. The number of fused-ring (bicyclic) bond motifs is 1. The second-order valence-corrected chi connectivity index (χ2v) is 9.38. The second-order valence-electron chi connectivity index (χ2n) is 9.38. The van der Waals surface area contributed by atoms with E-state index in [1.807, 2.05) is 36.2 Å². The van der Waals surface area contributed by atoms with E-state index in [0.717, 1.165) is 37.1 Å². The van der Waals surface area contributed by atoms with E-state index in [1.165, 1.54) is 16.8 Å². The minimum absolute atomic E-state index is 0.0154. The molecule has 1 spiro atoms. The molecular formula is C25H26F3N5O2. The molecule has 2 aliphatic heterocycles. The fraction of sp³-hybridized carbons (Fsp3) is 0.400. The average molecular weight is 486 g/mol. The van der Waals surface area contributed by atoms with E-state index in [4.69, 9.17) is 0 Å². The number of rotatable bonds is 3. The van der Waals surface area contributed by atoms with Crippen LogP contribution >= 0.6 is 0 Å². The quantitative estimate of drug-likeness (QED) is 0.605. The van der Waals surface area contributed by atoms with Gasteiger partial charge in [-0.2, -0.15) is 13.2 Å². The molecule has 4 heterocycles. The first-order valence-corrected chi connectivity index (χ1v) is 11.6. The molecule has 0 atom stereocenters. The molecule has 0 bridgehead atoms. The first kappa shape index (κ1) is 23.2. The van der Waals surface area contributed by atoms with Crippen LogP contribution in [0, 0.1) is 5.41 Å². The molecule has 2 saturated heterocycles. The van der Waals surface area contributed by atoms with Crippen LogP contribution in [0.5, 0.6) is 0 Å². The first-order chi connectivity index (χ1) is 16.7. The van der Waals surface area contributed by atoms with E-state index in [1.54, 1.807) is 4.90 Å². The van der Waals surface area contributed by atoms with E-state index >= 15 is 0 Å². The van der Waals surface area contributed by atoms with Gasteiger partial charge in [0.25, 0.3) is 11.8 Å². The van der Waals surface area contributed by atoms with Crippen LogP contribution in [0.2, 0.25) is 0 Å². The molecule has 35 heavy (non-hydrogen) atoms. The van der Waals surface area contributed by atoms with Crippen molar-refractivity contribution in [3.8, 4) is 0 Å². The van der Waals surface area contributed by atoms with Gasteiger partial charge in [0.15, 0.2) is 0 Å². The summed E-state index contributed by atoms with van der Waals surface area (Å²) in [4.78, 5) is 33.8. The van der Waals surface area contributed by atoms with Gasteiger partial charge in [0.1, 0.15) is 11.3 Å². The maximum absolute atomic E-state index is 13.1. The molecule has 1 N–H and O–H groups in total. The molecule has 5 rings (SSSR count). The first-order valence-electron chi connectivity index (χ1n) is 11.6. The Hall–Kier alpha value is -3.56. The number of nitrogens with zero attached hydrogens (tertiary/aromatic N) is 4. The number of nitrogens with one attached hydrogen (secondary N) is 1. The minimum atomic E-state index is -4.47. The maximum atomic E-state index is 13.1. The molecule has 0 saturated carbocycles. The third-order valence-electron chi connectivity index (χ3n) is 7.32. The normalized spacial score (nSPS) is 17.8. The van der Waals surface area contributed by atoms with Crippen molar-refractivity contribution in [2.75, 3.05) is 38.5 Å². The third kappa shape index (κ3) is 4.33. The Morgan fingerprint density at radius 1 is 0.971 bits per heavy atom. The molecule has 0 aliphatic carbocycles. The zero-order chi connectivity index (χ0) is 24.8. The van der Waals surface area contributed by atoms with Crippen molar-refractivity contribution in [3.05, 3.63) is 65.6 Å². The fourth-order valence-corrected chi connectivity index (χ4v) is 5.14. The van der Waals surface area contributed by atoms with Crippen LogP contribution in [-0.2, 0) is 6.18 Å². The number of amides is 2. The van der Waals surface area contributed by atoms with E-state index < -0.39 is 11.7 Å². The number of piperidine rings is 1. The Morgan fingerprint density at radius 2 is 1.63 bits per heavy atom. The van der Waals surface area contributed by atoms with Gasteiger partial charge >= 0.3 is 6.18 Å². The number of hydrogen-bond donors (Lipinski definition) is 1. The van der Waals surface area contributed by atoms with Gasteiger partial charge in [0.05, 0.1) is 11.8 Å². The molecule has 3 aromatic rings. The Labute approximate surface area is 200 Å². The lowest BCUT2D eigenvalue weighted by Crippen LogP contribution is -2.45. The SMILES string of the molecule is CNc1ccc(C(=O)N2CCC3(CCN(C(=O)c4cnc5cc(C(F)(F)F)ccn45)CC3)C2)cc1. The zero-order valence-corrected chi connectivity index (χ0v) is 19.3. The number of benzene rings is 1. The Balaban J connectivity index is 1.23. The van der Waals surface area contributed by atoms with E-state index in [0.29, 0.717) is 31.7 Å². The van der Waals surface area contributed by atoms with Gasteiger partial charge < -0.3 is 15.1 Å². The molecule has 2 fully saturated rings. The van der Waals surface area contributed by atoms with Gasteiger partial charge in [-0.15, -0.1) is 0 Å². The van der Waals surface area contributed by atoms with Crippen molar-refractivity contribution in [3.63, 3.8) is 0 Å². The van der Waals surface area contributed by atoms with Gasteiger partial charge in [-0.25, -0.2) is 4.98 Å². The summed E-state index contributed by atoms with van der Waals surface area (Å²) in [6.45, 7) is 2.42.